The molecule has 31 heavy (non-hydrogen) atoms. The molecule has 0 saturated carbocycles. The first-order valence-electron chi connectivity index (χ1n) is 9.62. The number of rotatable bonds is 8. The Kier molecular flexibility index (Phi) is 11.2. The van der Waals surface area contributed by atoms with Crippen LogP contribution in [0.25, 0.3) is 0 Å². The Balaban J connectivity index is 0.00000480. The number of hydrogen-bond donors (Lipinski definition) is 2. The summed E-state index contributed by atoms with van der Waals surface area (Å²) in [4.78, 5) is 21.8. The average molecular weight is 569 g/mol. The van der Waals surface area contributed by atoms with Crippen LogP contribution in [0.2, 0.25) is 0 Å². The number of halogens is 4. The van der Waals surface area contributed by atoms with E-state index < -0.39 is 11.9 Å². The van der Waals surface area contributed by atoms with Gasteiger partial charge in [-0.25, -0.2) is 4.98 Å². The number of amides is 1. The third kappa shape index (κ3) is 8.28. The molecule has 0 spiro atoms. The number of nitrogens with one attached hydrogen (secondary N) is 2. The van der Waals surface area contributed by atoms with Crippen molar-refractivity contribution < 1.29 is 18.0 Å². The highest BCUT2D eigenvalue weighted by atomic mass is 127. The minimum Gasteiger partial charge on any atom is -0.356 e. The quantitative estimate of drug-likeness (QED) is 0.285. The van der Waals surface area contributed by atoms with E-state index in [1.54, 1.807) is 24.1 Å². The molecule has 6 nitrogen and oxygen atoms in total. The Morgan fingerprint density at radius 2 is 1.81 bits per heavy atom. The molecule has 1 heterocycles. The predicted octanol–water partition coefficient (Wildman–Crippen LogP) is 4.17. The molecule has 1 amide bonds. The summed E-state index contributed by atoms with van der Waals surface area (Å²) in [7, 11) is 1.62. The van der Waals surface area contributed by atoms with Crippen LogP contribution in [0.4, 0.5) is 13.2 Å². The molecule has 0 aliphatic heterocycles. The molecule has 2 rings (SSSR count). The minimum atomic E-state index is -4.41. The Bertz CT molecular complexity index is 851. The summed E-state index contributed by atoms with van der Waals surface area (Å²) in [6, 6.07) is 7.36. The van der Waals surface area contributed by atoms with Gasteiger partial charge in [-0.15, -0.1) is 35.3 Å². The third-order valence-electron chi connectivity index (χ3n) is 4.41. The molecule has 0 radical (unpaired) electrons. The van der Waals surface area contributed by atoms with E-state index in [2.05, 4.69) is 20.6 Å². The van der Waals surface area contributed by atoms with Gasteiger partial charge in [0.1, 0.15) is 0 Å². The lowest BCUT2D eigenvalue weighted by molar-refractivity contribution is -0.140. The fourth-order valence-corrected chi connectivity index (χ4v) is 3.51. The van der Waals surface area contributed by atoms with Crippen molar-refractivity contribution in [1.29, 1.82) is 0 Å². The summed E-state index contributed by atoms with van der Waals surface area (Å²) in [6.45, 7) is 6.12. The Hall–Kier alpha value is -1.89. The van der Waals surface area contributed by atoms with Crippen LogP contribution in [-0.4, -0.2) is 48.4 Å². The molecule has 1 aromatic heterocycles. The highest BCUT2D eigenvalue weighted by Crippen LogP contribution is 2.29. The standard InChI is InChI=1S/C20H26F3N5OS.HI/c1-4-28(5-2)18(29)15-8-6-14(7-9-15)12-26-19(24-3)25-11-10-17-27-16(13-30-17)20(21,22)23;/h6-9,13H,4-5,10-12H2,1-3H3,(H2,24,25,26);1H. The van der Waals surface area contributed by atoms with Crippen molar-refractivity contribution in [2.24, 2.45) is 4.99 Å². The van der Waals surface area contributed by atoms with E-state index in [0.717, 1.165) is 22.3 Å². The largest absolute Gasteiger partial charge is 0.434 e. The van der Waals surface area contributed by atoms with Crippen molar-refractivity contribution in [3.8, 4) is 0 Å². The molecule has 0 atom stereocenters. The summed E-state index contributed by atoms with van der Waals surface area (Å²) in [5.74, 6) is 0.541. The van der Waals surface area contributed by atoms with Crippen molar-refractivity contribution in [2.45, 2.75) is 33.0 Å². The lowest BCUT2D eigenvalue weighted by atomic mass is 10.1. The number of benzene rings is 1. The van der Waals surface area contributed by atoms with Crippen molar-refractivity contribution in [2.75, 3.05) is 26.7 Å². The number of carbonyl (C=O) groups excluding carboxylic acids is 1. The van der Waals surface area contributed by atoms with E-state index in [1.165, 1.54) is 0 Å². The van der Waals surface area contributed by atoms with Gasteiger partial charge in [0.05, 0.1) is 5.01 Å². The minimum absolute atomic E-state index is 0. The number of hydrogen-bond acceptors (Lipinski definition) is 4. The number of carbonyl (C=O) groups is 1. The van der Waals surface area contributed by atoms with Crippen molar-refractivity contribution in [3.05, 3.63) is 51.5 Å². The molecule has 0 aliphatic rings. The second-order valence-electron chi connectivity index (χ2n) is 6.40. The maximum absolute atomic E-state index is 12.6. The van der Waals surface area contributed by atoms with E-state index in [0.29, 0.717) is 49.1 Å². The monoisotopic (exact) mass is 569 g/mol. The maximum atomic E-state index is 12.6. The van der Waals surface area contributed by atoms with Crippen LogP contribution in [0.15, 0.2) is 34.6 Å². The third-order valence-corrected chi connectivity index (χ3v) is 5.32. The molecule has 1 aromatic carbocycles. The van der Waals surface area contributed by atoms with Gasteiger partial charge in [-0.2, -0.15) is 13.2 Å². The van der Waals surface area contributed by atoms with Gasteiger partial charge in [0.15, 0.2) is 11.7 Å². The molecule has 0 unspecified atom stereocenters. The topological polar surface area (TPSA) is 69.6 Å². The second-order valence-corrected chi connectivity index (χ2v) is 7.34. The number of guanidine groups is 1. The van der Waals surface area contributed by atoms with E-state index in [-0.39, 0.29) is 29.9 Å². The van der Waals surface area contributed by atoms with Gasteiger partial charge in [-0.3, -0.25) is 9.79 Å². The molecule has 2 N–H and O–H groups in total. The molecule has 2 aromatic rings. The van der Waals surface area contributed by atoms with Crippen molar-refractivity contribution >= 4 is 47.2 Å². The molecule has 0 fully saturated rings. The smallest absolute Gasteiger partial charge is 0.356 e. The van der Waals surface area contributed by atoms with E-state index in [1.807, 2.05) is 26.0 Å². The van der Waals surface area contributed by atoms with Gasteiger partial charge in [0.2, 0.25) is 0 Å². The molecular formula is C20H27F3IN5OS. The number of aliphatic imine (C=N–C) groups is 1. The van der Waals surface area contributed by atoms with Crippen LogP contribution < -0.4 is 10.6 Å². The summed E-state index contributed by atoms with van der Waals surface area (Å²) in [5.41, 5.74) is 0.767. The lowest BCUT2D eigenvalue weighted by Crippen LogP contribution is -2.37. The Labute approximate surface area is 201 Å². The van der Waals surface area contributed by atoms with E-state index in [9.17, 15) is 18.0 Å². The molecule has 0 aliphatic carbocycles. The first-order chi connectivity index (χ1) is 14.3. The van der Waals surface area contributed by atoms with Crippen LogP contribution in [0.1, 0.15) is 40.5 Å². The van der Waals surface area contributed by atoms with Gasteiger partial charge in [0, 0.05) is 50.6 Å². The van der Waals surface area contributed by atoms with E-state index in [4.69, 9.17) is 0 Å². The van der Waals surface area contributed by atoms with Crippen LogP contribution in [0.5, 0.6) is 0 Å². The number of thiazole rings is 1. The zero-order valence-electron chi connectivity index (χ0n) is 17.6. The lowest BCUT2D eigenvalue weighted by Gasteiger charge is -2.18. The van der Waals surface area contributed by atoms with E-state index >= 15 is 0 Å². The normalized spacial score (nSPS) is 11.6. The van der Waals surface area contributed by atoms with Crippen molar-refractivity contribution in [1.82, 2.24) is 20.5 Å². The fraction of sp³-hybridized carbons (Fsp3) is 0.450. The summed E-state index contributed by atoms with van der Waals surface area (Å²) in [6.07, 6.45) is -4.05. The predicted molar refractivity (Wildman–Crippen MR) is 128 cm³/mol. The van der Waals surface area contributed by atoms with Gasteiger partial charge in [0.25, 0.3) is 5.91 Å². The summed E-state index contributed by atoms with van der Waals surface area (Å²) >= 11 is 0.992. The van der Waals surface area contributed by atoms with Gasteiger partial charge >= 0.3 is 6.18 Å². The first kappa shape index (κ1) is 27.1. The fourth-order valence-electron chi connectivity index (χ4n) is 2.71. The molecule has 172 valence electrons. The van der Waals surface area contributed by atoms with Gasteiger partial charge in [-0.05, 0) is 31.5 Å². The van der Waals surface area contributed by atoms with Crippen molar-refractivity contribution in [3.63, 3.8) is 0 Å². The number of aromatic nitrogens is 1. The molecule has 11 heteroatoms. The Morgan fingerprint density at radius 3 is 2.32 bits per heavy atom. The molecule has 0 bridgehead atoms. The van der Waals surface area contributed by atoms with Crippen LogP contribution >= 0.6 is 35.3 Å². The van der Waals surface area contributed by atoms with Crippen LogP contribution in [0.3, 0.4) is 0 Å². The first-order valence-corrected chi connectivity index (χ1v) is 10.5. The van der Waals surface area contributed by atoms with Gasteiger partial charge in [-0.1, -0.05) is 12.1 Å². The SMILES string of the molecule is CCN(CC)C(=O)c1ccc(CNC(=NC)NCCc2nc(C(F)(F)F)cs2)cc1.I. The molecular weight excluding hydrogens is 542 g/mol. The zero-order chi connectivity index (χ0) is 22.1. The zero-order valence-corrected chi connectivity index (χ0v) is 20.8. The second kappa shape index (κ2) is 12.8. The highest BCUT2D eigenvalue weighted by molar-refractivity contribution is 14.0. The number of alkyl halides is 3. The van der Waals surface area contributed by atoms with Crippen LogP contribution in [0, 0.1) is 0 Å². The summed E-state index contributed by atoms with van der Waals surface area (Å²) in [5, 5.41) is 7.64. The Morgan fingerprint density at radius 1 is 1.16 bits per heavy atom. The number of nitrogens with zero attached hydrogens (tertiary/aromatic N) is 3. The van der Waals surface area contributed by atoms with Crippen LogP contribution in [-0.2, 0) is 19.1 Å². The van der Waals surface area contributed by atoms with Gasteiger partial charge < -0.3 is 15.5 Å². The average Bonchev–Trinajstić information content (AvgIpc) is 3.21. The maximum Gasteiger partial charge on any atom is 0.434 e. The highest BCUT2D eigenvalue weighted by Gasteiger charge is 2.33. The summed E-state index contributed by atoms with van der Waals surface area (Å²) < 4.78 is 37.8. The molecule has 0 saturated heterocycles.